The number of halogens is 2. The number of allylic oxidation sites excluding steroid dienone is 5. The zero-order valence-corrected chi connectivity index (χ0v) is 11.0. The van der Waals surface area contributed by atoms with Crippen LogP contribution in [0.3, 0.4) is 0 Å². The summed E-state index contributed by atoms with van der Waals surface area (Å²) < 4.78 is 26.5. The summed E-state index contributed by atoms with van der Waals surface area (Å²) in [5.74, 6) is -2.82. The Bertz CT molecular complexity index is 474. The standard InChI is InChI=1S/C16H18F2/c1-4-8-15(16(3,17)18)12-7-11-14-10-6-5-9-13(14)2/h4-12H,1-3H3/b8-4-,11-7+,15-12+. The van der Waals surface area contributed by atoms with Gasteiger partial charge in [0, 0.05) is 12.5 Å². The molecule has 0 amide bonds. The minimum absolute atomic E-state index is 0.00911. The predicted molar refractivity (Wildman–Crippen MR) is 73.7 cm³/mol. The number of alkyl halides is 2. The van der Waals surface area contributed by atoms with Gasteiger partial charge in [-0.3, -0.25) is 0 Å². The zero-order valence-electron chi connectivity index (χ0n) is 11.0. The molecule has 0 spiro atoms. The summed E-state index contributed by atoms with van der Waals surface area (Å²) in [7, 11) is 0. The van der Waals surface area contributed by atoms with Gasteiger partial charge in [-0.25, -0.2) is 8.78 Å². The first-order chi connectivity index (χ1) is 8.45. The van der Waals surface area contributed by atoms with Gasteiger partial charge in [0.25, 0.3) is 5.92 Å². The van der Waals surface area contributed by atoms with E-state index in [1.807, 2.05) is 37.3 Å². The molecule has 2 heteroatoms. The van der Waals surface area contributed by atoms with Crippen molar-refractivity contribution in [1.29, 1.82) is 0 Å². The number of rotatable bonds is 4. The van der Waals surface area contributed by atoms with Crippen molar-refractivity contribution < 1.29 is 8.78 Å². The summed E-state index contributed by atoms with van der Waals surface area (Å²) in [4.78, 5) is 0. The molecule has 0 aliphatic rings. The molecule has 0 aliphatic heterocycles. The van der Waals surface area contributed by atoms with Crippen molar-refractivity contribution in [2.24, 2.45) is 0 Å². The van der Waals surface area contributed by atoms with Gasteiger partial charge in [0.05, 0.1) is 0 Å². The third-order valence-electron chi connectivity index (χ3n) is 2.59. The van der Waals surface area contributed by atoms with Crippen LogP contribution in [0.4, 0.5) is 8.78 Å². The van der Waals surface area contributed by atoms with Crippen molar-refractivity contribution in [3.8, 4) is 0 Å². The van der Waals surface area contributed by atoms with Gasteiger partial charge in [-0.2, -0.15) is 0 Å². The van der Waals surface area contributed by atoms with E-state index >= 15 is 0 Å². The Hall–Kier alpha value is -1.70. The highest BCUT2D eigenvalue weighted by atomic mass is 19.3. The van der Waals surface area contributed by atoms with Gasteiger partial charge in [-0.05, 0) is 25.0 Å². The monoisotopic (exact) mass is 248 g/mol. The lowest BCUT2D eigenvalue weighted by Crippen LogP contribution is -2.11. The van der Waals surface area contributed by atoms with Gasteiger partial charge < -0.3 is 0 Å². The minimum atomic E-state index is -2.82. The Labute approximate surface area is 107 Å². The van der Waals surface area contributed by atoms with Crippen LogP contribution in [0.2, 0.25) is 0 Å². The van der Waals surface area contributed by atoms with Crippen LogP contribution in [0, 0.1) is 6.92 Å². The topological polar surface area (TPSA) is 0 Å². The van der Waals surface area contributed by atoms with Crippen LogP contribution >= 0.6 is 0 Å². The second kappa shape index (κ2) is 6.29. The molecule has 0 saturated carbocycles. The normalized spacial score (nSPS) is 13.7. The minimum Gasteiger partial charge on any atom is -0.202 e. The van der Waals surface area contributed by atoms with Gasteiger partial charge in [0.15, 0.2) is 0 Å². The first-order valence-electron chi connectivity index (χ1n) is 5.90. The van der Waals surface area contributed by atoms with Crippen LogP contribution in [0.15, 0.2) is 54.1 Å². The SMILES string of the molecule is C\C=C/C(=C\C=C\c1ccccc1C)C(C)(F)F. The van der Waals surface area contributed by atoms with Crippen LogP contribution in [0.5, 0.6) is 0 Å². The van der Waals surface area contributed by atoms with Crippen molar-refractivity contribution in [1.82, 2.24) is 0 Å². The molecule has 18 heavy (non-hydrogen) atoms. The Morgan fingerprint density at radius 1 is 1.22 bits per heavy atom. The Kier molecular flexibility index (Phi) is 5.02. The highest BCUT2D eigenvalue weighted by molar-refractivity contribution is 5.55. The largest absolute Gasteiger partial charge is 0.270 e. The van der Waals surface area contributed by atoms with Crippen molar-refractivity contribution >= 4 is 6.08 Å². The van der Waals surface area contributed by atoms with Crippen LogP contribution in [-0.2, 0) is 0 Å². The summed E-state index contributed by atoms with van der Waals surface area (Å²) in [6.07, 6.45) is 8.00. The molecule has 1 aromatic carbocycles. The molecule has 0 heterocycles. The Morgan fingerprint density at radius 3 is 2.44 bits per heavy atom. The number of aryl methyl sites for hydroxylation is 1. The molecule has 0 saturated heterocycles. The summed E-state index contributed by atoms with van der Waals surface area (Å²) in [5, 5.41) is 0. The molecule has 0 nitrogen and oxygen atoms in total. The predicted octanol–water partition coefficient (Wildman–Crippen LogP) is 5.17. The Balaban J connectivity index is 2.93. The fourth-order valence-corrected chi connectivity index (χ4v) is 1.56. The maximum atomic E-state index is 13.2. The molecule has 0 N–H and O–H groups in total. The highest BCUT2D eigenvalue weighted by Crippen LogP contribution is 2.24. The molecular weight excluding hydrogens is 230 g/mol. The summed E-state index contributed by atoms with van der Waals surface area (Å²) in [6.45, 7) is 4.62. The van der Waals surface area contributed by atoms with Crippen molar-refractivity contribution in [3.05, 3.63) is 65.3 Å². The van der Waals surface area contributed by atoms with Gasteiger partial charge in [0.2, 0.25) is 0 Å². The first kappa shape index (κ1) is 14.4. The maximum Gasteiger partial charge on any atom is 0.270 e. The summed E-state index contributed by atoms with van der Waals surface area (Å²) in [6, 6.07) is 7.83. The van der Waals surface area contributed by atoms with Crippen molar-refractivity contribution in [3.63, 3.8) is 0 Å². The molecule has 1 rings (SSSR count). The highest BCUT2D eigenvalue weighted by Gasteiger charge is 2.24. The van der Waals surface area contributed by atoms with Gasteiger partial charge >= 0.3 is 0 Å². The molecular formula is C16H18F2. The van der Waals surface area contributed by atoms with E-state index in [4.69, 9.17) is 0 Å². The molecule has 1 aromatic rings. The van der Waals surface area contributed by atoms with Crippen LogP contribution < -0.4 is 0 Å². The van der Waals surface area contributed by atoms with E-state index in [-0.39, 0.29) is 5.57 Å². The molecule has 96 valence electrons. The quantitative estimate of drug-likeness (QED) is 0.645. The van der Waals surface area contributed by atoms with Crippen LogP contribution in [-0.4, -0.2) is 5.92 Å². The summed E-state index contributed by atoms with van der Waals surface area (Å²) >= 11 is 0. The van der Waals surface area contributed by atoms with E-state index < -0.39 is 5.92 Å². The lowest BCUT2D eigenvalue weighted by atomic mass is 10.1. The first-order valence-corrected chi connectivity index (χ1v) is 5.90. The molecule has 0 atom stereocenters. The van der Waals surface area contributed by atoms with E-state index in [1.165, 1.54) is 12.2 Å². The molecule has 0 aliphatic carbocycles. The lowest BCUT2D eigenvalue weighted by molar-refractivity contribution is 0.0675. The van der Waals surface area contributed by atoms with E-state index in [0.717, 1.165) is 18.1 Å². The van der Waals surface area contributed by atoms with E-state index in [1.54, 1.807) is 19.1 Å². The zero-order chi connectivity index (χ0) is 13.6. The summed E-state index contributed by atoms with van der Waals surface area (Å²) in [5.41, 5.74) is 2.17. The van der Waals surface area contributed by atoms with E-state index in [2.05, 4.69) is 0 Å². The molecule has 0 radical (unpaired) electrons. The average molecular weight is 248 g/mol. The van der Waals surface area contributed by atoms with Gasteiger partial charge in [-0.15, -0.1) is 0 Å². The van der Waals surface area contributed by atoms with Crippen molar-refractivity contribution in [2.45, 2.75) is 26.7 Å². The average Bonchev–Trinajstić information content (AvgIpc) is 2.29. The fraction of sp³-hybridized carbons (Fsp3) is 0.250. The molecule has 0 aromatic heterocycles. The van der Waals surface area contributed by atoms with Crippen molar-refractivity contribution in [2.75, 3.05) is 0 Å². The van der Waals surface area contributed by atoms with Crippen LogP contribution in [0.1, 0.15) is 25.0 Å². The maximum absolute atomic E-state index is 13.2. The third kappa shape index (κ3) is 4.28. The lowest BCUT2D eigenvalue weighted by Gasteiger charge is -2.10. The smallest absolute Gasteiger partial charge is 0.202 e. The molecule has 0 unspecified atom stereocenters. The van der Waals surface area contributed by atoms with Gasteiger partial charge in [-0.1, -0.05) is 54.6 Å². The molecule has 0 bridgehead atoms. The Morgan fingerprint density at radius 2 is 1.89 bits per heavy atom. The van der Waals surface area contributed by atoms with Gasteiger partial charge in [0.1, 0.15) is 0 Å². The molecule has 0 fully saturated rings. The fourth-order valence-electron chi connectivity index (χ4n) is 1.56. The number of hydrogen-bond donors (Lipinski definition) is 0. The second-order valence-electron chi connectivity index (χ2n) is 4.23. The second-order valence-corrected chi connectivity index (χ2v) is 4.23. The van der Waals surface area contributed by atoms with Crippen LogP contribution in [0.25, 0.3) is 6.08 Å². The number of hydrogen-bond acceptors (Lipinski definition) is 0. The third-order valence-corrected chi connectivity index (χ3v) is 2.59. The van der Waals surface area contributed by atoms with E-state index in [0.29, 0.717) is 0 Å². The van der Waals surface area contributed by atoms with E-state index in [9.17, 15) is 8.78 Å². The number of benzene rings is 1.